The van der Waals surface area contributed by atoms with Crippen LogP contribution in [-0.4, -0.2) is 43.9 Å². The number of esters is 1. The molecular formula is C23H37N3O4. The number of rotatable bonds is 8. The third kappa shape index (κ3) is 7.71. The fourth-order valence-corrected chi connectivity index (χ4v) is 2.88. The highest BCUT2D eigenvalue weighted by Gasteiger charge is 2.26. The quantitative estimate of drug-likeness (QED) is 0.295. The molecule has 0 radical (unpaired) electrons. The summed E-state index contributed by atoms with van der Waals surface area (Å²) in [7, 11) is 1.72. The lowest BCUT2D eigenvalue weighted by Gasteiger charge is -2.28. The Morgan fingerprint density at radius 1 is 1.03 bits per heavy atom. The van der Waals surface area contributed by atoms with Gasteiger partial charge in [0.1, 0.15) is 12.4 Å². The van der Waals surface area contributed by atoms with Gasteiger partial charge in [-0.25, -0.2) is 9.59 Å². The maximum Gasteiger partial charge on any atom is 0.334 e. The fraction of sp³-hybridized carbons (Fsp3) is 0.565. The molecule has 168 valence electrons. The van der Waals surface area contributed by atoms with Gasteiger partial charge in [-0.2, -0.15) is 0 Å². The molecule has 2 amide bonds. The van der Waals surface area contributed by atoms with E-state index in [1.807, 2.05) is 53.7 Å². The Labute approximate surface area is 180 Å². The van der Waals surface area contributed by atoms with Crippen LogP contribution in [0.4, 0.5) is 4.79 Å². The van der Waals surface area contributed by atoms with Crippen LogP contribution in [0.2, 0.25) is 0 Å². The molecule has 0 aliphatic rings. The first-order valence-electron chi connectivity index (χ1n) is 10.2. The van der Waals surface area contributed by atoms with Crippen LogP contribution in [0.1, 0.15) is 58.2 Å². The summed E-state index contributed by atoms with van der Waals surface area (Å²) in [6.45, 7) is 16.8. The summed E-state index contributed by atoms with van der Waals surface area (Å²) in [6.07, 6.45) is 0. The topological polar surface area (TPSA) is 99.7 Å². The first-order valence-corrected chi connectivity index (χ1v) is 10.2. The lowest BCUT2D eigenvalue weighted by molar-refractivity contribution is -0.138. The van der Waals surface area contributed by atoms with Crippen molar-refractivity contribution < 1.29 is 19.4 Å². The molecule has 0 heterocycles. The van der Waals surface area contributed by atoms with Gasteiger partial charge in [0.15, 0.2) is 0 Å². The summed E-state index contributed by atoms with van der Waals surface area (Å²) in [5.74, 6) is -0.176. The van der Waals surface area contributed by atoms with Gasteiger partial charge in [-0.15, -0.1) is 0 Å². The van der Waals surface area contributed by atoms with Crippen LogP contribution < -0.4 is 16.0 Å². The molecule has 0 spiro atoms. The van der Waals surface area contributed by atoms with E-state index in [1.54, 1.807) is 7.05 Å². The molecule has 30 heavy (non-hydrogen) atoms. The second-order valence-electron chi connectivity index (χ2n) is 9.42. The lowest BCUT2D eigenvalue weighted by atomic mass is 9.78. The maximum atomic E-state index is 12.1. The number of hydrogen-bond donors (Lipinski definition) is 4. The predicted octanol–water partition coefficient (Wildman–Crippen LogP) is 3.11. The van der Waals surface area contributed by atoms with Gasteiger partial charge in [-0.1, -0.05) is 48.1 Å². The van der Waals surface area contributed by atoms with Gasteiger partial charge in [0.25, 0.3) is 0 Å². The van der Waals surface area contributed by atoms with Crippen molar-refractivity contribution in [1.82, 2.24) is 16.0 Å². The molecule has 7 nitrogen and oxygen atoms in total. The molecule has 0 atom stereocenters. The maximum absolute atomic E-state index is 12.1. The minimum Gasteiger partial charge on any atom is -0.507 e. The number of carbonyl (C=O) groups is 2. The molecule has 1 rings (SSSR count). The van der Waals surface area contributed by atoms with E-state index in [0.29, 0.717) is 24.4 Å². The largest absolute Gasteiger partial charge is 0.507 e. The Balaban J connectivity index is 2.68. The van der Waals surface area contributed by atoms with E-state index in [1.165, 1.54) is 0 Å². The highest BCUT2D eigenvalue weighted by Crippen LogP contribution is 2.39. The van der Waals surface area contributed by atoms with Crippen LogP contribution >= 0.6 is 0 Å². The van der Waals surface area contributed by atoms with E-state index in [0.717, 1.165) is 16.7 Å². The number of carbonyl (C=O) groups excluding carboxylic acids is 2. The molecule has 1 aromatic carbocycles. The molecule has 1 aromatic rings. The van der Waals surface area contributed by atoms with Gasteiger partial charge in [0.2, 0.25) is 0 Å². The smallest absolute Gasteiger partial charge is 0.334 e. The number of nitrogens with one attached hydrogen (secondary N) is 3. The van der Waals surface area contributed by atoms with E-state index in [2.05, 4.69) is 22.5 Å². The highest BCUT2D eigenvalue weighted by molar-refractivity contribution is 5.88. The van der Waals surface area contributed by atoms with E-state index in [-0.39, 0.29) is 30.0 Å². The number of phenols is 1. The van der Waals surface area contributed by atoms with Crippen molar-refractivity contribution in [2.45, 2.75) is 58.9 Å². The van der Waals surface area contributed by atoms with Crippen LogP contribution in [0.15, 0.2) is 24.3 Å². The zero-order valence-corrected chi connectivity index (χ0v) is 19.4. The van der Waals surface area contributed by atoms with Crippen molar-refractivity contribution in [2.75, 3.05) is 26.7 Å². The number of urea groups is 1. The molecule has 0 aliphatic heterocycles. The second kappa shape index (κ2) is 10.5. The summed E-state index contributed by atoms with van der Waals surface area (Å²) in [5, 5.41) is 19.1. The third-order valence-electron chi connectivity index (χ3n) is 4.54. The number of phenolic OH excluding ortho intramolecular Hbond substituents is 1. The van der Waals surface area contributed by atoms with Gasteiger partial charge in [0.05, 0.1) is 6.54 Å². The molecule has 0 bridgehead atoms. The average molecular weight is 420 g/mol. The Kier molecular flexibility index (Phi) is 8.90. The monoisotopic (exact) mass is 419 g/mol. The number of ether oxygens (including phenoxy) is 1. The normalized spacial score (nSPS) is 11.7. The second-order valence-corrected chi connectivity index (χ2v) is 9.42. The standard InChI is InChI=1S/C23H37N3O4/c1-15(13-24-8)20(28)30-10-9-25-21(29)26-14-16-11-17(22(2,3)4)19(27)18(12-16)23(5,6)7/h11-12,24,27H,1,9-10,13-14H2,2-8H3,(H2,25,26,29). The Bertz CT molecular complexity index is 739. The van der Waals surface area contributed by atoms with Gasteiger partial charge in [0, 0.05) is 18.7 Å². The van der Waals surface area contributed by atoms with Crippen molar-refractivity contribution >= 4 is 12.0 Å². The lowest BCUT2D eigenvalue weighted by Crippen LogP contribution is -2.37. The fourth-order valence-electron chi connectivity index (χ4n) is 2.88. The van der Waals surface area contributed by atoms with E-state index >= 15 is 0 Å². The molecule has 0 aliphatic carbocycles. The Morgan fingerprint density at radius 3 is 2.03 bits per heavy atom. The molecule has 0 unspecified atom stereocenters. The average Bonchev–Trinajstić information content (AvgIpc) is 2.62. The SMILES string of the molecule is C=C(CNC)C(=O)OCCNC(=O)NCc1cc(C(C)(C)C)c(O)c(C(C)(C)C)c1. The minimum absolute atomic E-state index is 0.0660. The van der Waals surface area contributed by atoms with E-state index in [4.69, 9.17) is 4.74 Å². The number of amides is 2. The molecule has 0 aromatic heterocycles. The molecule has 7 heteroatoms. The van der Waals surface area contributed by atoms with E-state index in [9.17, 15) is 14.7 Å². The summed E-state index contributed by atoms with van der Waals surface area (Å²) < 4.78 is 5.04. The van der Waals surface area contributed by atoms with Gasteiger partial charge >= 0.3 is 12.0 Å². The summed E-state index contributed by atoms with van der Waals surface area (Å²) in [5.41, 5.74) is 2.47. The molecular weight excluding hydrogens is 382 g/mol. The Morgan fingerprint density at radius 2 is 1.57 bits per heavy atom. The molecule has 0 saturated heterocycles. The Hall–Kier alpha value is -2.54. The van der Waals surface area contributed by atoms with Crippen LogP contribution in [0, 0.1) is 0 Å². The van der Waals surface area contributed by atoms with Gasteiger partial charge < -0.3 is 25.8 Å². The molecule has 4 N–H and O–H groups in total. The molecule has 0 fully saturated rings. The van der Waals surface area contributed by atoms with Crippen LogP contribution in [0.25, 0.3) is 0 Å². The van der Waals surface area contributed by atoms with E-state index < -0.39 is 5.97 Å². The van der Waals surface area contributed by atoms with Crippen molar-refractivity contribution in [3.8, 4) is 5.75 Å². The van der Waals surface area contributed by atoms with Crippen LogP contribution in [0.3, 0.4) is 0 Å². The van der Waals surface area contributed by atoms with Crippen molar-refractivity contribution in [3.63, 3.8) is 0 Å². The van der Waals surface area contributed by atoms with Crippen molar-refractivity contribution in [3.05, 3.63) is 41.0 Å². The molecule has 0 saturated carbocycles. The zero-order valence-electron chi connectivity index (χ0n) is 19.4. The first-order chi connectivity index (χ1) is 13.8. The summed E-state index contributed by atoms with van der Waals surface area (Å²) in [6, 6.07) is 3.50. The highest BCUT2D eigenvalue weighted by atomic mass is 16.5. The number of aromatic hydroxyl groups is 1. The van der Waals surface area contributed by atoms with Gasteiger partial charge in [-0.3, -0.25) is 0 Å². The minimum atomic E-state index is -0.486. The van der Waals surface area contributed by atoms with Crippen LogP contribution in [-0.2, 0) is 26.9 Å². The van der Waals surface area contributed by atoms with Gasteiger partial charge in [-0.05, 0) is 46.7 Å². The van der Waals surface area contributed by atoms with Crippen molar-refractivity contribution in [2.24, 2.45) is 0 Å². The summed E-state index contributed by atoms with van der Waals surface area (Å²) >= 11 is 0. The van der Waals surface area contributed by atoms with Crippen molar-refractivity contribution in [1.29, 1.82) is 0 Å². The summed E-state index contributed by atoms with van der Waals surface area (Å²) in [4.78, 5) is 23.7. The predicted molar refractivity (Wildman–Crippen MR) is 120 cm³/mol. The number of benzene rings is 1. The number of hydrogen-bond acceptors (Lipinski definition) is 5. The third-order valence-corrected chi connectivity index (χ3v) is 4.54. The van der Waals surface area contributed by atoms with Crippen LogP contribution in [0.5, 0.6) is 5.75 Å². The number of likely N-dealkylation sites (N-methyl/N-ethyl adjacent to an activating group) is 1. The first kappa shape index (κ1) is 25.5. The zero-order chi connectivity index (χ0) is 23.1.